The number of benzene rings is 2. The second kappa shape index (κ2) is 7.10. The van der Waals surface area contributed by atoms with Crippen LogP contribution in [0.4, 0.5) is 22.0 Å². The molecule has 2 aromatic carbocycles. The van der Waals surface area contributed by atoms with Gasteiger partial charge in [-0.2, -0.15) is 22.0 Å². The largest absolute Gasteiger partial charge is 0.546 e. The number of alkyl halides is 5. The minimum Gasteiger partial charge on any atom is -0.546 e. The van der Waals surface area contributed by atoms with Crippen LogP contribution in [0.25, 0.3) is 0 Å². The predicted molar refractivity (Wildman–Crippen MR) is 88.3 cm³/mol. The Morgan fingerprint density at radius 2 is 1.41 bits per heavy atom. The van der Waals surface area contributed by atoms with E-state index in [9.17, 15) is 31.9 Å². The zero-order valence-corrected chi connectivity index (χ0v) is 15.6. The highest BCUT2D eigenvalue weighted by molar-refractivity contribution is 9.10. The van der Waals surface area contributed by atoms with Crippen molar-refractivity contribution < 1.29 is 36.6 Å². The Hall–Kier alpha value is -2.16. The summed E-state index contributed by atoms with van der Waals surface area (Å²) >= 11 is 3.03. The fraction of sp³-hybridized carbons (Fsp3) is 0.278. The summed E-state index contributed by atoms with van der Waals surface area (Å²) in [7, 11) is 0. The van der Waals surface area contributed by atoms with Crippen molar-refractivity contribution in [3.63, 3.8) is 0 Å². The first-order chi connectivity index (χ1) is 12.2. The van der Waals surface area contributed by atoms with Gasteiger partial charge in [0.1, 0.15) is 11.4 Å². The molecule has 0 radical (unpaired) electrons. The monoisotopic (exact) mass is 451 g/mol. The van der Waals surface area contributed by atoms with Crippen molar-refractivity contribution in [2.45, 2.75) is 31.5 Å². The van der Waals surface area contributed by atoms with Crippen molar-refractivity contribution in [2.24, 2.45) is 0 Å². The van der Waals surface area contributed by atoms with E-state index in [1.54, 1.807) is 0 Å². The molecule has 0 spiro atoms. The minimum absolute atomic E-state index is 0.00355. The molecule has 0 unspecified atom stereocenters. The molecule has 0 aliphatic carbocycles. The topological polar surface area (TPSA) is 49.4 Å². The lowest BCUT2D eigenvalue weighted by molar-refractivity contribution is -0.320. The molecule has 0 aromatic heterocycles. The Kier molecular flexibility index (Phi) is 5.56. The normalized spacial score (nSPS) is 12.7. The van der Waals surface area contributed by atoms with Gasteiger partial charge in [-0.15, -0.1) is 0 Å². The third kappa shape index (κ3) is 4.58. The molecule has 0 saturated carbocycles. The number of carbonyl (C=O) groups excluding carboxylic acids is 1. The molecule has 0 fully saturated rings. The molecule has 0 bridgehead atoms. The Morgan fingerprint density at radius 3 is 1.85 bits per heavy atom. The number of rotatable bonds is 5. The van der Waals surface area contributed by atoms with Crippen molar-refractivity contribution in [3.8, 4) is 5.75 Å². The second-order valence-corrected chi connectivity index (χ2v) is 7.05. The third-order valence-electron chi connectivity index (χ3n) is 3.73. The number of hydrogen-bond acceptors (Lipinski definition) is 3. The van der Waals surface area contributed by atoms with Crippen molar-refractivity contribution in [1.29, 1.82) is 0 Å². The summed E-state index contributed by atoms with van der Waals surface area (Å²) in [6.45, 7) is 2.47. The van der Waals surface area contributed by atoms with E-state index in [0.29, 0.717) is 24.3 Å². The van der Waals surface area contributed by atoms with Gasteiger partial charge in [0.2, 0.25) is 0 Å². The molecule has 2 rings (SSSR count). The molecule has 0 N–H and O–H groups in total. The number of hydrogen-bond donors (Lipinski definition) is 0. The Morgan fingerprint density at radius 1 is 0.926 bits per heavy atom. The first-order valence-electron chi connectivity index (χ1n) is 7.51. The zero-order valence-electron chi connectivity index (χ0n) is 14.0. The van der Waals surface area contributed by atoms with E-state index >= 15 is 0 Å². The van der Waals surface area contributed by atoms with Crippen LogP contribution in [-0.2, 0) is 16.9 Å². The smallest absolute Gasteiger partial charge is 0.416 e. The van der Waals surface area contributed by atoms with E-state index < -0.39 is 40.4 Å². The van der Waals surface area contributed by atoms with E-state index in [1.165, 1.54) is 13.8 Å². The van der Waals surface area contributed by atoms with Crippen LogP contribution < -0.4 is 9.84 Å². The third-order valence-corrected chi connectivity index (χ3v) is 4.35. The lowest BCUT2D eigenvalue weighted by Gasteiger charge is -2.28. The number of carbonyl (C=O) groups is 1. The number of carboxylic acids is 1. The highest BCUT2D eigenvalue weighted by atomic mass is 79.9. The fourth-order valence-electron chi connectivity index (χ4n) is 2.13. The second-order valence-electron chi connectivity index (χ2n) is 6.19. The van der Waals surface area contributed by atoms with Crippen molar-refractivity contribution >= 4 is 21.9 Å². The summed E-state index contributed by atoms with van der Waals surface area (Å²) in [5.74, 6) is -5.07. The molecule has 0 aliphatic heterocycles. The first kappa shape index (κ1) is 21.1. The molecule has 146 valence electrons. The lowest BCUT2D eigenvalue weighted by atomic mass is 9.99. The van der Waals surface area contributed by atoms with E-state index in [1.807, 2.05) is 0 Å². The standard InChI is InChI=1S/C18H14BrF5O3/c1-16(2,15(25)26)27-14-8-7-12(9-13(14)19)17(20,21)10-3-5-11(6-4-10)18(22,23)24/h3-9H,1-2H3,(H,25,26)/p-1. The van der Waals surface area contributed by atoms with Crippen molar-refractivity contribution in [3.05, 3.63) is 63.6 Å². The van der Waals surface area contributed by atoms with E-state index in [4.69, 9.17) is 4.74 Å². The summed E-state index contributed by atoms with van der Waals surface area (Å²) in [5, 5.41) is 11.0. The fourth-order valence-corrected chi connectivity index (χ4v) is 2.59. The molecule has 3 nitrogen and oxygen atoms in total. The average Bonchev–Trinajstić information content (AvgIpc) is 2.55. The molecule has 0 heterocycles. The summed E-state index contributed by atoms with van der Waals surface area (Å²) in [6, 6.07) is 5.74. The van der Waals surface area contributed by atoms with Crippen LogP contribution >= 0.6 is 15.9 Å². The van der Waals surface area contributed by atoms with E-state index in [-0.39, 0.29) is 10.2 Å². The molecule has 27 heavy (non-hydrogen) atoms. The highest BCUT2D eigenvalue weighted by Crippen LogP contribution is 2.40. The zero-order chi connectivity index (χ0) is 20.6. The Bertz CT molecular complexity index is 845. The number of ether oxygens (including phenoxy) is 1. The lowest BCUT2D eigenvalue weighted by Crippen LogP contribution is -2.48. The Labute approximate surface area is 159 Å². The minimum atomic E-state index is -4.62. The number of carboxylic acid groups (broad SMARTS) is 1. The van der Waals surface area contributed by atoms with Crippen LogP contribution in [0.3, 0.4) is 0 Å². The van der Waals surface area contributed by atoms with Gasteiger partial charge < -0.3 is 14.6 Å². The maximum Gasteiger partial charge on any atom is 0.416 e. The van der Waals surface area contributed by atoms with Gasteiger partial charge in [0.15, 0.2) is 0 Å². The van der Waals surface area contributed by atoms with Gasteiger partial charge in [-0.1, -0.05) is 12.1 Å². The SMILES string of the molecule is CC(C)(Oc1ccc(C(F)(F)c2ccc(C(F)(F)F)cc2)cc1Br)C(=O)[O-]. The van der Waals surface area contributed by atoms with Gasteiger partial charge in [-0.3, -0.25) is 0 Å². The highest BCUT2D eigenvalue weighted by Gasteiger charge is 2.36. The molecule has 0 aliphatic rings. The summed E-state index contributed by atoms with van der Waals surface area (Å²) in [5.41, 5.74) is -3.85. The quantitative estimate of drug-likeness (QED) is 0.628. The molecular formula is C18H13BrF5O3-. The first-order valence-corrected chi connectivity index (χ1v) is 8.30. The molecule has 0 atom stereocenters. The number of halogens is 6. The van der Waals surface area contributed by atoms with E-state index in [0.717, 1.165) is 18.2 Å². The van der Waals surface area contributed by atoms with Crippen LogP contribution in [-0.4, -0.2) is 11.6 Å². The predicted octanol–water partition coefficient (Wildman–Crippen LogP) is 4.52. The van der Waals surface area contributed by atoms with Crippen LogP contribution in [0.2, 0.25) is 0 Å². The van der Waals surface area contributed by atoms with Gasteiger partial charge in [-0.25, -0.2) is 0 Å². The average molecular weight is 452 g/mol. The van der Waals surface area contributed by atoms with Crippen LogP contribution in [0.5, 0.6) is 5.75 Å². The molecular weight excluding hydrogens is 439 g/mol. The summed E-state index contributed by atoms with van der Waals surface area (Å²) < 4.78 is 72.3. The van der Waals surface area contributed by atoms with Gasteiger partial charge in [0.05, 0.1) is 16.0 Å². The van der Waals surface area contributed by atoms with Crippen molar-refractivity contribution in [2.75, 3.05) is 0 Å². The van der Waals surface area contributed by atoms with Gasteiger partial charge in [0, 0.05) is 11.1 Å². The van der Waals surface area contributed by atoms with Gasteiger partial charge >= 0.3 is 6.18 Å². The number of aliphatic carboxylic acids is 1. The molecule has 2 aromatic rings. The summed E-state index contributed by atoms with van der Waals surface area (Å²) in [4.78, 5) is 11.0. The van der Waals surface area contributed by atoms with Gasteiger partial charge in [0.25, 0.3) is 5.92 Å². The molecule has 0 saturated heterocycles. The summed E-state index contributed by atoms with van der Waals surface area (Å²) in [6.07, 6.45) is -4.62. The van der Waals surface area contributed by atoms with Crippen LogP contribution in [0, 0.1) is 0 Å². The maximum absolute atomic E-state index is 14.6. The van der Waals surface area contributed by atoms with Crippen LogP contribution in [0.1, 0.15) is 30.5 Å². The van der Waals surface area contributed by atoms with Crippen molar-refractivity contribution in [1.82, 2.24) is 0 Å². The van der Waals surface area contributed by atoms with Gasteiger partial charge in [-0.05, 0) is 60.1 Å². The Balaban J connectivity index is 2.34. The molecule has 9 heteroatoms. The van der Waals surface area contributed by atoms with E-state index in [2.05, 4.69) is 15.9 Å². The van der Waals surface area contributed by atoms with Crippen LogP contribution in [0.15, 0.2) is 46.9 Å². The maximum atomic E-state index is 14.6. The molecule has 0 amide bonds.